The Balaban J connectivity index is 2.82. The van der Waals surface area contributed by atoms with Gasteiger partial charge in [0.1, 0.15) is 0 Å². The molecule has 0 radical (unpaired) electrons. The fourth-order valence-corrected chi connectivity index (χ4v) is 0.348. The maximum absolute atomic E-state index is 9.59. The zero-order chi connectivity index (χ0) is 5.70. The van der Waals surface area contributed by atoms with E-state index >= 15 is 0 Å². The van der Waals surface area contributed by atoms with E-state index in [-0.39, 0.29) is 6.42 Å². The first-order valence-electron chi connectivity index (χ1n) is 1.80. The third kappa shape index (κ3) is 5.91. The first-order chi connectivity index (χ1) is 3.27. The van der Waals surface area contributed by atoms with Crippen LogP contribution >= 0.6 is 16.1 Å². The number of halogens is 1. The average Bonchev–Trinajstić information content (AvgIpc) is 1.61. The summed E-state index contributed by atoms with van der Waals surface area (Å²) in [4.78, 5) is 9.59. The molecule has 0 aliphatic heterocycles. The van der Waals surface area contributed by atoms with E-state index in [0.717, 1.165) is 0 Å². The number of carboxylic acid groups (broad SMARTS) is 1. The van der Waals surface area contributed by atoms with Crippen molar-refractivity contribution < 1.29 is 9.90 Å². The highest BCUT2D eigenvalue weighted by Gasteiger charge is 1.80. The maximum atomic E-state index is 9.59. The summed E-state index contributed by atoms with van der Waals surface area (Å²) >= 11 is 2.84. The smallest absolute Gasteiger partial charge is 0.0427 e. The fraction of sp³-hybridized carbons (Fsp3) is 0.667. The van der Waals surface area contributed by atoms with Gasteiger partial charge in [0.15, 0.2) is 0 Å². The standard InChI is InChI=1S/C3H6BrNO2/c4-5-2-1-3(6)7/h5H,1-2H2,(H,6,7)/p-1. The average molecular weight is 167 g/mol. The number of carbonyl (C=O) groups excluding carboxylic acids is 1. The zero-order valence-corrected chi connectivity index (χ0v) is 5.19. The van der Waals surface area contributed by atoms with Crippen LogP contribution in [-0.2, 0) is 4.79 Å². The van der Waals surface area contributed by atoms with Crippen molar-refractivity contribution in [3.05, 3.63) is 0 Å². The molecular weight excluding hydrogens is 162 g/mol. The number of aliphatic carboxylic acids is 1. The molecule has 0 unspecified atom stereocenters. The van der Waals surface area contributed by atoms with E-state index in [9.17, 15) is 9.90 Å². The van der Waals surface area contributed by atoms with Crippen LogP contribution in [0.2, 0.25) is 0 Å². The van der Waals surface area contributed by atoms with Crippen LogP contribution in [0, 0.1) is 0 Å². The predicted molar refractivity (Wildman–Crippen MR) is 26.6 cm³/mol. The zero-order valence-electron chi connectivity index (χ0n) is 3.61. The van der Waals surface area contributed by atoms with Crippen LogP contribution in [0.5, 0.6) is 0 Å². The molecule has 0 amide bonds. The fourth-order valence-electron chi connectivity index (χ4n) is 0.149. The SMILES string of the molecule is O=C([O-])CCNBr. The molecule has 4 heteroatoms. The summed E-state index contributed by atoms with van der Waals surface area (Å²) in [6, 6.07) is 0. The Hall–Kier alpha value is -0.0900. The van der Waals surface area contributed by atoms with Gasteiger partial charge in [-0.3, -0.25) is 4.34 Å². The monoisotopic (exact) mass is 166 g/mol. The van der Waals surface area contributed by atoms with Crippen LogP contribution in [0.3, 0.4) is 0 Å². The number of rotatable bonds is 3. The number of hydrogen-bond acceptors (Lipinski definition) is 3. The largest absolute Gasteiger partial charge is 0.550 e. The van der Waals surface area contributed by atoms with E-state index in [1.54, 1.807) is 0 Å². The molecule has 1 N–H and O–H groups in total. The Morgan fingerprint density at radius 3 is 2.57 bits per heavy atom. The van der Waals surface area contributed by atoms with Gasteiger partial charge < -0.3 is 9.90 Å². The van der Waals surface area contributed by atoms with Crippen molar-refractivity contribution in [3.8, 4) is 0 Å². The summed E-state index contributed by atoms with van der Waals surface area (Å²) in [6.07, 6.45) is 0.0469. The van der Waals surface area contributed by atoms with Gasteiger partial charge >= 0.3 is 0 Å². The minimum absolute atomic E-state index is 0.0469. The van der Waals surface area contributed by atoms with E-state index in [1.807, 2.05) is 0 Å². The summed E-state index contributed by atoms with van der Waals surface area (Å²) in [7, 11) is 0. The normalized spacial score (nSPS) is 8.71. The van der Waals surface area contributed by atoms with Gasteiger partial charge in [-0.2, -0.15) is 0 Å². The molecule has 0 aliphatic carbocycles. The highest BCUT2D eigenvalue weighted by atomic mass is 79.9. The van der Waals surface area contributed by atoms with Gasteiger partial charge in [-0.15, -0.1) is 0 Å². The highest BCUT2D eigenvalue weighted by Crippen LogP contribution is 1.73. The quantitative estimate of drug-likeness (QED) is 0.550. The molecule has 3 nitrogen and oxygen atoms in total. The van der Waals surface area contributed by atoms with Crippen molar-refractivity contribution in [3.63, 3.8) is 0 Å². The number of hydrogen-bond donors (Lipinski definition) is 1. The summed E-state index contributed by atoms with van der Waals surface area (Å²) in [5.74, 6) is -1.04. The maximum Gasteiger partial charge on any atom is 0.0427 e. The lowest BCUT2D eigenvalue weighted by atomic mass is 10.5. The third-order valence-electron chi connectivity index (χ3n) is 0.424. The van der Waals surface area contributed by atoms with Gasteiger partial charge in [-0.1, -0.05) is 0 Å². The Bertz CT molecular complexity index is 66.0. The summed E-state index contributed by atoms with van der Waals surface area (Å²) in [6.45, 7) is 0.405. The van der Waals surface area contributed by atoms with E-state index in [4.69, 9.17) is 0 Å². The highest BCUT2D eigenvalue weighted by molar-refractivity contribution is 9.08. The first-order valence-corrected chi connectivity index (χ1v) is 2.60. The Morgan fingerprint density at radius 2 is 2.43 bits per heavy atom. The second-order valence-corrected chi connectivity index (χ2v) is 1.57. The van der Waals surface area contributed by atoms with Gasteiger partial charge in [0.25, 0.3) is 0 Å². The number of nitrogens with one attached hydrogen (secondary N) is 1. The number of carbonyl (C=O) groups is 1. The molecule has 0 aromatic heterocycles. The van der Waals surface area contributed by atoms with Crippen LogP contribution in [0.4, 0.5) is 0 Å². The molecule has 7 heavy (non-hydrogen) atoms. The van der Waals surface area contributed by atoms with Gasteiger partial charge in [0, 0.05) is 35.1 Å². The summed E-state index contributed by atoms with van der Waals surface area (Å²) < 4.78 is 2.49. The van der Waals surface area contributed by atoms with E-state index in [2.05, 4.69) is 20.5 Å². The Labute approximate surface area is 50.1 Å². The van der Waals surface area contributed by atoms with Crippen molar-refractivity contribution in [2.24, 2.45) is 0 Å². The molecular formula is C3H5BrNO2-. The molecule has 0 bridgehead atoms. The van der Waals surface area contributed by atoms with Crippen molar-refractivity contribution in [2.45, 2.75) is 6.42 Å². The molecule has 42 valence electrons. The molecule has 0 aliphatic rings. The van der Waals surface area contributed by atoms with Gasteiger partial charge in [0.05, 0.1) is 0 Å². The van der Waals surface area contributed by atoms with Gasteiger partial charge in [-0.25, -0.2) is 0 Å². The third-order valence-corrected chi connectivity index (χ3v) is 0.820. The first kappa shape index (κ1) is 6.91. The minimum atomic E-state index is -1.04. The molecule has 0 saturated heterocycles. The van der Waals surface area contributed by atoms with Crippen molar-refractivity contribution in [1.82, 2.24) is 4.34 Å². The van der Waals surface area contributed by atoms with Crippen LogP contribution in [0.1, 0.15) is 6.42 Å². The number of carboxylic acids is 1. The topological polar surface area (TPSA) is 52.2 Å². The molecule has 0 spiro atoms. The summed E-state index contributed by atoms with van der Waals surface area (Å²) in [5.41, 5.74) is 0. The second-order valence-electron chi connectivity index (χ2n) is 1.01. The molecule has 0 atom stereocenters. The summed E-state index contributed by atoms with van der Waals surface area (Å²) in [5, 5.41) is 9.59. The van der Waals surface area contributed by atoms with Crippen LogP contribution in [0.15, 0.2) is 0 Å². The lowest BCUT2D eigenvalue weighted by Crippen LogP contribution is -2.24. The predicted octanol–water partition coefficient (Wildman–Crippen LogP) is -0.974. The van der Waals surface area contributed by atoms with Crippen LogP contribution in [-0.4, -0.2) is 12.5 Å². The molecule has 0 saturated carbocycles. The molecule has 0 heterocycles. The van der Waals surface area contributed by atoms with E-state index < -0.39 is 5.97 Å². The van der Waals surface area contributed by atoms with Crippen molar-refractivity contribution in [1.29, 1.82) is 0 Å². The molecule has 0 aromatic rings. The minimum Gasteiger partial charge on any atom is -0.550 e. The lowest BCUT2D eigenvalue weighted by Gasteiger charge is -1.96. The molecule has 0 aromatic carbocycles. The van der Waals surface area contributed by atoms with E-state index in [1.165, 1.54) is 0 Å². The van der Waals surface area contributed by atoms with Crippen LogP contribution in [0.25, 0.3) is 0 Å². The Kier molecular flexibility index (Phi) is 4.03. The molecule has 0 fully saturated rings. The molecule has 0 rings (SSSR count). The van der Waals surface area contributed by atoms with Gasteiger partial charge in [-0.05, 0) is 0 Å². The van der Waals surface area contributed by atoms with Gasteiger partial charge in [0.2, 0.25) is 0 Å². The van der Waals surface area contributed by atoms with Crippen LogP contribution < -0.4 is 9.45 Å². The van der Waals surface area contributed by atoms with Crippen molar-refractivity contribution in [2.75, 3.05) is 6.54 Å². The Morgan fingerprint density at radius 1 is 1.86 bits per heavy atom. The second kappa shape index (κ2) is 4.08. The lowest BCUT2D eigenvalue weighted by molar-refractivity contribution is -0.305. The van der Waals surface area contributed by atoms with E-state index in [0.29, 0.717) is 6.54 Å². The van der Waals surface area contributed by atoms with Crippen molar-refractivity contribution >= 4 is 22.1 Å².